The summed E-state index contributed by atoms with van der Waals surface area (Å²) in [4.78, 5) is 12.5. The number of ether oxygens (including phenoxy) is 2. The van der Waals surface area contributed by atoms with Crippen LogP contribution in [0.2, 0.25) is 0 Å². The lowest BCUT2D eigenvalue weighted by Gasteiger charge is -2.18. The molecule has 3 rings (SSSR count). The summed E-state index contributed by atoms with van der Waals surface area (Å²) in [6.45, 7) is 4.29. The fourth-order valence-corrected chi connectivity index (χ4v) is 2.43. The van der Waals surface area contributed by atoms with E-state index in [9.17, 15) is 9.18 Å². The minimum Gasteiger partial charge on any atom is -0.486 e. The lowest BCUT2D eigenvalue weighted by molar-refractivity contribution is 0.103. The number of benzene rings is 2. The van der Waals surface area contributed by atoms with Gasteiger partial charge in [0.15, 0.2) is 17.3 Å². The highest BCUT2D eigenvalue weighted by Gasteiger charge is 2.17. The summed E-state index contributed by atoms with van der Waals surface area (Å²) in [5.41, 5.74) is 1.92. The smallest absolute Gasteiger partial charge is 0.193 e. The Balaban J connectivity index is 1.99. The van der Waals surface area contributed by atoms with Crippen LogP contribution in [0.5, 0.6) is 11.5 Å². The maximum Gasteiger partial charge on any atom is 0.193 e. The zero-order chi connectivity index (χ0) is 15.0. The van der Waals surface area contributed by atoms with Crippen LogP contribution in [0.1, 0.15) is 27.0 Å². The van der Waals surface area contributed by atoms with E-state index >= 15 is 0 Å². The van der Waals surface area contributed by atoms with Crippen LogP contribution in [0.25, 0.3) is 0 Å². The maximum absolute atomic E-state index is 13.7. The first kappa shape index (κ1) is 13.6. The van der Waals surface area contributed by atoms with Crippen LogP contribution in [0.15, 0.2) is 30.3 Å². The monoisotopic (exact) mass is 286 g/mol. The Hall–Kier alpha value is -2.36. The molecule has 0 radical (unpaired) electrons. The van der Waals surface area contributed by atoms with Crippen molar-refractivity contribution in [1.82, 2.24) is 0 Å². The predicted octanol–water partition coefficient (Wildman–Crippen LogP) is 3.44. The minimum atomic E-state index is -0.270. The van der Waals surface area contributed by atoms with Gasteiger partial charge in [-0.05, 0) is 55.3 Å². The van der Waals surface area contributed by atoms with Gasteiger partial charge in [-0.15, -0.1) is 0 Å². The van der Waals surface area contributed by atoms with Crippen LogP contribution in [0, 0.1) is 19.7 Å². The molecule has 0 bridgehead atoms. The maximum atomic E-state index is 13.7. The van der Waals surface area contributed by atoms with Crippen LogP contribution in [0.3, 0.4) is 0 Å². The van der Waals surface area contributed by atoms with Gasteiger partial charge >= 0.3 is 0 Å². The van der Waals surface area contributed by atoms with Gasteiger partial charge in [-0.2, -0.15) is 0 Å². The summed E-state index contributed by atoms with van der Waals surface area (Å²) in [5.74, 6) is 0.791. The Morgan fingerprint density at radius 2 is 1.57 bits per heavy atom. The van der Waals surface area contributed by atoms with Crippen LogP contribution in [0.4, 0.5) is 4.39 Å². The Bertz CT molecular complexity index is 699. The highest BCUT2D eigenvalue weighted by Crippen LogP contribution is 2.31. The number of carbonyl (C=O) groups excluding carboxylic acids is 1. The largest absolute Gasteiger partial charge is 0.486 e. The third-order valence-electron chi connectivity index (χ3n) is 3.50. The van der Waals surface area contributed by atoms with Gasteiger partial charge in [-0.3, -0.25) is 4.79 Å². The van der Waals surface area contributed by atoms with E-state index in [1.807, 2.05) is 0 Å². The number of hydrogen-bond acceptors (Lipinski definition) is 3. The van der Waals surface area contributed by atoms with Gasteiger partial charge in [0, 0.05) is 11.1 Å². The van der Waals surface area contributed by atoms with Crippen molar-refractivity contribution in [2.75, 3.05) is 13.2 Å². The quantitative estimate of drug-likeness (QED) is 0.793. The van der Waals surface area contributed by atoms with E-state index in [4.69, 9.17) is 9.47 Å². The average Bonchev–Trinajstić information content (AvgIpc) is 2.51. The molecule has 21 heavy (non-hydrogen) atoms. The number of ketones is 1. The van der Waals surface area contributed by atoms with E-state index in [0.29, 0.717) is 47.0 Å². The van der Waals surface area contributed by atoms with Crippen molar-refractivity contribution < 1.29 is 18.7 Å². The Morgan fingerprint density at radius 3 is 2.24 bits per heavy atom. The molecule has 0 amide bonds. The number of fused-ring (bicyclic) bond motifs is 1. The van der Waals surface area contributed by atoms with Crippen LogP contribution >= 0.6 is 0 Å². The van der Waals surface area contributed by atoms with Gasteiger partial charge in [0.2, 0.25) is 0 Å². The number of halogens is 1. The van der Waals surface area contributed by atoms with Gasteiger partial charge in [0.1, 0.15) is 19.0 Å². The van der Waals surface area contributed by atoms with E-state index in [0.717, 1.165) is 0 Å². The SMILES string of the molecule is Cc1cc(C(=O)c2ccc3c(c2)OCCO3)cc(C)c1F. The van der Waals surface area contributed by atoms with Crippen molar-refractivity contribution in [2.24, 2.45) is 0 Å². The fraction of sp³-hybridized carbons (Fsp3) is 0.235. The number of aryl methyl sites for hydroxylation is 2. The fourth-order valence-electron chi connectivity index (χ4n) is 2.43. The Kier molecular flexibility index (Phi) is 3.37. The molecule has 0 N–H and O–H groups in total. The van der Waals surface area contributed by atoms with Crippen LogP contribution in [-0.4, -0.2) is 19.0 Å². The third kappa shape index (κ3) is 2.49. The molecule has 0 atom stereocenters. The summed E-state index contributed by atoms with van der Waals surface area (Å²) >= 11 is 0. The van der Waals surface area contributed by atoms with Crippen molar-refractivity contribution in [3.05, 3.63) is 58.4 Å². The molecule has 0 saturated heterocycles. The number of carbonyl (C=O) groups is 1. The average molecular weight is 286 g/mol. The Morgan fingerprint density at radius 1 is 0.952 bits per heavy atom. The van der Waals surface area contributed by atoms with Gasteiger partial charge in [-0.1, -0.05) is 0 Å². The highest BCUT2D eigenvalue weighted by atomic mass is 19.1. The minimum absolute atomic E-state index is 0.154. The first-order chi connectivity index (χ1) is 10.1. The molecule has 4 heteroatoms. The second-order valence-electron chi connectivity index (χ2n) is 5.11. The van der Waals surface area contributed by atoms with Crippen molar-refractivity contribution >= 4 is 5.78 Å². The first-order valence-corrected chi connectivity index (χ1v) is 6.77. The van der Waals surface area contributed by atoms with E-state index in [1.165, 1.54) is 0 Å². The van der Waals surface area contributed by atoms with E-state index < -0.39 is 0 Å². The summed E-state index contributed by atoms with van der Waals surface area (Å²) in [5, 5.41) is 0. The summed E-state index contributed by atoms with van der Waals surface area (Å²) in [7, 11) is 0. The van der Waals surface area contributed by atoms with Gasteiger partial charge < -0.3 is 9.47 Å². The van der Waals surface area contributed by atoms with Crippen molar-refractivity contribution in [1.29, 1.82) is 0 Å². The molecule has 1 aliphatic rings. The second-order valence-corrected chi connectivity index (χ2v) is 5.11. The molecular formula is C17H15FO3. The molecule has 2 aromatic carbocycles. The van der Waals surface area contributed by atoms with Crippen molar-refractivity contribution in [2.45, 2.75) is 13.8 Å². The molecule has 3 nitrogen and oxygen atoms in total. The molecule has 0 aromatic heterocycles. The molecule has 2 aromatic rings. The molecule has 1 heterocycles. The number of hydrogen-bond donors (Lipinski definition) is 0. The first-order valence-electron chi connectivity index (χ1n) is 6.77. The van der Waals surface area contributed by atoms with Gasteiger partial charge in [0.05, 0.1) is 0 Å². The van der Waals surface area contributed by atoms with Crippen LogP contribution < -0.4 is 9.47 Å². The molecule has 0 spiro atoms. The zero-order valence-electron chi connectivity index (χ0n) is 11.9. The summed E-state index contributed by atoms with van der Waals surface area (Å²) in [6.07, 6.45) is 0. The van der Waals surface area contributed by atoms with E-state index in [2.05, 4.69) is 0 Å². The molecule has 0 aliphatic carbocycles. The van der Waals surface area contributed by atoms with E-state index in [-0.39, 0.29) is 11.6 Å². The molecule has 0 saturated carbocycles. The second kappa shape index (κ2) is 5.20. The third-order valence-corrected chi connectivity index (χ3v) is 3.50. The van der Waals surface area contributed by atoms with Crippen LogP contribution in [-0.2, 0) is 0 Å². The molecule has 1 aliphatic heterocycles. The van der Waals surface area contributed by atoms with E-state index in [1.54, 1.807) is 44.2 Å². The molecular weight excluding hydrogens is 271 g/mol. The topological polar surface area (TPSA) is 35.5 Å². The van der Waals surface area contributed by atoms with Crippen molar-refractivity contribution in [3.63, 3.8) is 0 Å². The highest BCUT2D eigenvalue weighted by molar-refractivity contribution is 6.09. The lowest BCUT2D eigenvalue weighted by atomic mass is 9.98. The predicted molar refractivity (Wildman–Crippen MR) is 76.7 cm³/mol. The van der Waals surface area contributed by atoms with Gasteiger partial charge in [-0.25, -0.2) is 4.39 Å². The number of rotatable bonds is 2. The molecule has 0 fully saturated rings. The van der Waals surface area contributed by atoms with Crippen molar-refractivity contribution in [3.8, 4) is 11.5 Å². The molecule has 0 unspecified atom stereocenters. The molecule has 108 valence electrons. The van der Waals surface area contributed by atoms with Gasteiger partial charge in [0.25, 0.3) is 0 Å². The summed E-state index contributed by atoms with van der Waals surface area (Å²) in [6, 6.07) is 8.24. The summed E-state index contributed by atoms with van der Waals surface area (Å²) < 4.78 is 24.6. The normalized spacial score (nSPS) is 13.1. The zero-order valence-corrected chi connectivity index (χ0v) is 11.9. The lowest BCUT2D eigenvalue weighted by Crippen LogP contribution is -2.16. The standard InChI is InChI=1S/C17H15FO3/c1-10-7-13(8-11(2)16(10)18)17(19)12-3-4-14-15(9-12)21-6-5-20-14/h3-4,7-9H,5-6H2,1-2H3. The Labute approximate surface area is 122 Å².